The normalized spacial score (nSPS) is 10.3. The molecule has 2 aromatic rings. The molecule has 0 bridgehead atoms. The number of pyridine rings is 2. The number of anilines is 2. The second kappa shape index (κ2) is 7.81. The van der Waals surface area contributed by atoms with Gasteiger partial charge >= 0.3 is 0 Å². The maximum absolute atomic E-state index is 4.35. The van der Waals surface area contributed by atoms with Crippen molar-refractivity contribution in [2.75, 3.05) is 23.2 Å². The van der Waals surface area contributed by atoms with Crippen molar-refractivity contribution in [3.63, 3.8) is 0 Å². The summed E-state index contributed by atoms with van der Waals surface area (Å²) in [4.78, 5) is 8.71. The number of aromatic nitrogens is 2. The lowest BCUT2D eigenvalue weighted by Gasteiger charge is -2.19. The lowest BCUT2D eigenvalue weighted by Crippen LogP contribution is -2.26. The van der Waals surface area contributed by atoms with E-state index in [-0.39, 0.29) is 0 Å². The van der Waals surface area contributed by atoms with Crippen molar-refractivity contribution in [2.45, 2.75) is 12.1 Å². The molecule has 0 atom stereocenters. The van der Waals surface area contributed by atoms with Crippen LogP contribution in [0.5, 0.6) is 0 Å². The average Bonchev–Trinajstić information content (AvgIpc) is 2.53. The Hall–Kier alpha value is -1.67. The average molecular weight is 298 g/mol. The lowest BCUT2D eigenvalue weighted by molar-refractivity contribution is 1.16. The molecule has 0 aromatic carbocycles. The van der Waals surface area contributed by atoms with Gasteiger partial charge in [-0.1, -0.05) is 12.1 Å². The van der Waals surface area contributed by atoms with E-state index in [1.54, 1.807) is 0 Å². The first kappa shape index (κ1) is 14.7. The summed E-state index contributed by atoms with van der Waals surface area (Å²) in [6, 6.07) is 14.4. The monoisotopic (exact) mass is 298 g/mol. The zero-order valence-electron chi connectivity index (χ0n) is 11.8. The molecule has 6 heteroatoms. The summed E-state index contributed by atoms with van der Waals surface area (Å²) in [5.41, 5.74) is 0. The zero-order valence-corrected chi connectivity index (χ0v) is 13.8. The van der Waals surface area contributed by atoms with Crippen LogP contribution in [0.15, 0.2) is 48.8 Å². The molecule has 0 amide bonds. The van der Waals surface area contributed by atoms with E-state index in [0.717, 1.165) is 31.0 Å². The van der Waals surface area contributed by atoms with E-state index < -0.39 is 0 Å². The van der Waals surface area contributed by atoms with E-state index in [2.05, 4.69) is 45.3 Å². The van der Waals surface area contributed by atoms with Crippen LogP contribution in [0.2, 0.25) is 12.1 Å². The molecular weight excluding hydrogens is 280 g/mol. The van der Waals surface area contributed by atoms with Crippen molar-refractivity contribution in [3.05, 3.63) is 48.8 Å². The van der Waals surface area contributed by atoms with Crippen LogP contribution in [0, 0.1) is 0 Å². The highest BCUT2D eigenvalue weighted by Gasteiger charge is 2.06. The SMILES string of the molecule is CN([Si]CC[Si]N(C)c1ccccn1)c1ccccn1. The molecule has 0 saturated carbocycles. The largest absolute Gasteiger partial charge is 0.386 e. The van der Waals surface area contributed by atoms with Gasteiger partial charge in [-0.05, 0) is 50.4 Å². The van der Waals surface area contributed by atoms with Gasteiger partial charge in [0.05, 0.1) is 0 Å². The Balaban J connectivity index is 1.69. The van der Waals surface area contributed by atoms with Crippen LogP contribution in [0.25, 0.3) is 0 Å². The topological polar surface area (TPSA) is 32.3 Å². The molecule has 4 radical (unpaired) electrons. The van der Waals surface area contributed by atoms with E-state index in [9.17, 15) is 0 Å². The van der Waals surface area contributed by atoms with E-state index in [1.165, 1.54) is 12.1 Å². The van der Waals surface area contributed by atoms with Gasteiger partial charge in [-0.15, -0.1) is 0 Å². The van der Waals surface area contributed by atoms with Crippen LogP contribution < -0.4 is 9.13 Å². The Bertz CT molecular complexity index is 448. The van der Waals surface area contributed by atoms with Crippen LogP contribution in [-0.4, -0.2) is 43.4 Å². The molecule has 0 aliphatic carbocycles. The maximum Gasteiger partial charge on any atom is 0.182 e. The summed E-state index contributed by atoms with van der Waals surface area (Å²) in [5, 5.41) is 0. The second-order valence-electron chi connectivity index (χ2n) is 4.31. The molecule has 20 heavy (non-hydrogen) atoms. The molecule has 0 N–H and O–H groups in total. The standard InChI is InChI=1S/C14H18N4Si2/c1-17(13-7-3-5-9-15-13)19-11-12-20-18(2)14-8-4-6-10-16-14/h3-10H,11-12H2,1-2H3. The highest BCUT2D eigenvalue weighted by Crippen LogP contribution is 2.09. The van der Waals surface area contributed by atoms with Crippen LogP contribution in [0.4, 0.5) is 11.6 Å². The molecule has 0 unspecified atom stereocenters. The van der Waals surface area contributed by atoms with Gasteiger partial charge in [0.2, 0.25) is 0 Å². The van der Waals surface area contributed by atoms with Crippen molar-refractivity contribution < 1.29 is 0 Å². The third-order valence-electron chi connectivity index (χ3n) is 2.81. The molecule has 2 rings (SSSR count). The van der Waals surface area contributed by atoms with Gasteiger partial charge in [0.25, 0.3) is 0 Å². The number of nitrogens with zero attached hydrogens (tertiary/aromatic N) is 4. The minimum Gasteiger partial charge on any atom is -0.386 e. The molecule has 4 nitrogen and oxygen atoms in total. The summed E-state index contributed by atoms with van der Waals surface area (Å²) in [6.07, 6.45) is 3.68. The predicted molar refractivity (Wildman–Crippen MR) is 86.4 cm³/mol. The maximum atomic E-state index is 4.35. The van der Waals surface area contributed by atoms with E-state index in [1.807, 2.05) is 36.7 Å². The van der Waals surface area contributed by atoms with Crippen LogP contribution in [-0.2, 0) is 0 Å². The first-order valence-electron chi connectivity index (χ1n) is 6.54. The van der Waals surface area contributed by atoms with E-state index in [4.69, 9.17) is 0 Å². The summed E-state index contributed by atoms with van der Waals surface area (Å²) in [5.74, 6) is 2.10. The van der Waals surface area contributed by atoms with Crippen LogP contribution in [0.1, 0.15) is 0 Å². The molecule has 2 heterocycles. The number of rotatable bonds is 7. The Labute approximate surface area is 125 Å². The van der Waals surface area contributed by atoms with Crippen molar-refractivity contribution in [2.24, 2.45) is 0 Å². The molecule has 0 aliphatic rings. The number of hydrogen-bond donors (Lipinski definition) is 0. The summed E-state index contributed by atoms with van der Waals surface area (Å²) >= 11 is 0. The van der Waals surface area contributed by atoms with Gasteiger partial charge in [0.1, 0.15) is 11.6 Å². The third-order valence-corrected chi connectivity index (χ3v) is 5.66. The summed E-state index contributed by atoms with van der Waals surface area (Å²) in [6.45, 7) is 0. The highest BCUT2D eigenvalue weighted by atomic mass is 28.2. The minimum atomic E-state index is 0.771. The fourth-order valence-corrected chi connectivity index (χ4v) is 3.87. The van der Waals surface area contributed by atoms with Gasteiger partial charge in [-0.3, -0.25) is 0 Å². The quantitative estimate of drug-likeness (QED) is 0.579. The van der Waals surface area contributed by atoms with Gasteiger partial charge in [-0.25, -0.2) is 9.97 Å². The van der Waals surface area contributed by atoms with Gasteiger partial charge in [0.15, 0.2) is 19.4 Å². The minimum absolute atomic E-state index is 0.771. The first-order chi connectivity index (χ1) is 9.77. The number of hydrogen-bond acceptors (Lipinski definition) is 4. The fraction of sp³-hybridized carbons (Fsp3) is 0.286. The van der Waals surface area contributed by atoms with E-state index >= 15 is 0 Å². The lowest BCUT2D eigenvalue weighted by atomic mass is 10.5. The smallest absolute Gasteiger partial charge is 0.182 e. The van der Waals surface area contributed by atoms with E-state index in [0.29, 0.717) is 0 Å². The molecule has 2 aromatic heterocycles. The van der Waals surface area contributed by atoms with Crippen LogP contribution in [0.3, 0.4) is 0 Å². The molecule has 0 spiro atoms. The van der Waals surface area contributed by atoms with Gasteiger partial charge in [-0.2, -0.15) is 0 Å². The Morgan fingerprint density at radius 1 is 0.800 bits per heavy atom. The second-order valence-corrected chi connectivity index (χ2v) is 7.28. The Morgan fingerprint density at radius 3 is 1.60 bits per heavy atom. The fourth-order valence-electron chi connectivity index (χ4n) is 1.71. The van der Waals surface area contributed by atoms with Gasteiger partial charge in [0, 0.05) is 12.4 Å². The Morgan fingerprint density at radius 2 is 1.25 bits per heavy atom. The van der Waals surface area contributed by atoms with Gasteiger partial charge < -0.3 is 9.13 Å². The summed E-state index contributed by atoms with van der Waals surface area (Å²) in [7, 11) is 5.75. The summed E-state index contributed by atoms with van der Waals surface area (Å²) < 4.78 is 4.45. The Kier molecular flexibility index (Phi) is 5.75. The molecule has 0 aliphatic heterocycles. The predicted octanol–water partition coefficient (Wildman–Crippen LogP) is 2.12. The van der Waals surface area contributed by atoms with Crippen molar-refractivity contribution in [1.29, 1.82) is 0 Å². The van der Waals surface area contributed by atoms with Crippen molar-refractivity contribution in [3.8, 4) is 0 Å². The first-order valence-corrected chi connectivity index (χ1v) is 8.85. The highest BCUT2D eigenvalue weighted by molar-refractivity contribution is 6.47. The molecular formula is C14H18N4Si2. The third kappa shape index (κ3) is 4.46. The molecule has 102 valence electrons. The zero-order chi connectivity index (χ0) is 14.2. The van der Waals surface area contributed by atoms with Crippen molar-refractivity contribution in [1.82, 2.24) is 9.97 Å². The molecule has 0 fully saturated rings. The molecule has 0 saturated heterocycles. The van der Waals surface area contributed by atoms with Crippen LogP contribution >= 0.6 is 0 Å². The van der Waals surface area contributed by atoms with Crippen molar-refractivity contribution >= 4 is 31.0 Å².